The van der Waals surface area contributed by atoms with E-state index in [1.807, 2.05) is 30.3 Å². The van der Waals surface area contributed by atoms with Crippen LogP contribution in [-0.2, 0) is 10.2 Å². The minimum atomic E-state index is -0.199. The van der Waals surface area contributed by atoms with E-state index < -0.39 is 0 Å². The SMILES string of the molecule is CCCCN(CC(=O)Nc1cc(C(C)(C)C)nn1-c1ccc(C)cc1)C(=O)NC12CC3CC(CC(C3)C1)C2. The minimum Gasteiger partial charge on any atom is -0.333 e. The van der Waals surface area contributed by atoms with Gasteiger partial charge in [-0.3, -0.25) is 4.79 Å². The number of benzene rings is 1. The molecule has 0 aliphatic heterocycles. The number of carbonyl (C=O) groups excluding carboxylic acids is 2. The second-order valence-electron chi connectivity index (χ2n) is 13.4. The molecule has 0 radical (unpaired) electrons. The molecule has 1 aromatic heterocycles. The predicted octanol–water partition coefficient (Wildman–Crippen LogP) is 6.20. The van der Waals surface area contributed by atoms with E-state index in [2.05, 4.69) is 45.3 Å². The van der Waals surface area contributed by atoms with Crippen molar-refractivity contribution in [3.8, 4) is 5.69 Å². The minimum absolute atomic E-state index is 0.0299. The van der Waals surface area contributed by atoms with Crippen LogP contribution in [0.3, 0.4) is 0 Å². The molecule has 4 saturated carbocycles. The Morgan fingerprint density at radius 1 is 1.05 bits per heavy atom. The van der Waals surface area contributed by atoms with Gasteiger partial charge >= 0.3 is 6.03 Å². The van der Waals surface area contributed by atoms with E-state index in [0.29, 0.717) is 12.4 Å². The van der Waals surface area contributed by atoms with Gasteiger partial charge in [0.2, 0.25) is 5.91 Å². The lowest BCUT2D eigenvalue weighted by molar-refractivity contribution is -0.116. The Labute approximate surface area is 227 Å². The van der Waals surface area contributed by atoms with Gasteiger partial charge in [0, 0.05) is 23.6 Å². The van der Waals surface area contributed by atoms with Crippen LogP contribution in [0.25, 0.3) is 5.69 Å². The molecule has 2 aromatic rings. The molecule has 38 heavy (non-hydrogen) atoms. The lowest BCUT2D eigenvalue weighted by atomic mass is 9.53. The topological polar surface area (TPSA) is 79.3 Å². The Morgan fingerprint density at radius 2 is 1.66 bits per heavy atom. The van der Waals surface area contributed by atoms with Crippen LogP contribution in [0.15, 0.2) is 30.3 Å². The third kappa shape index (κ3) is 5.76. The molecule has 3 amide bonds. The molecule has 6 rings (SSSR count). The second-order valence-corrected chi connectivity index (χ2v) is 13.4. The van der Waals surface area contributed by atoms with E-state index in [9.17, 15) is 9.59 Å². The van der Waals surface area contributed by atoms with E-state index in [-0.39, 0.29) is 29.4 Å². The number of unbranched alkanes of at least 4 members (excludes halogenated alkanes) is 1. The number of rotatable bonds is 8. The zero-order valence-electron chi connectivity index (χ0n) is 23.8. The summed E-state index contributed by atoms with van der Waals surface area (Å²) in [4.78, 5) is 28.7. The number of aryl methyl sites for hydroxylation is 1. The number of anilines is 1. The molecular weight excluding hydrogens is 474 g/mol. The van der Waals surface area contributed by atoms with Crippen molar-refractivity contribution in [2.75, 3.05) is 18.4 Å². The van der Waals surface area contributed by atoms with Crippen LogP contribution < -0.4 is 10.6 Å². The molecule has 1 heterocycles. The van der Waals surface area contributed by atoms with Gasteiger partial charge in [0.15, 0.2) is 0 Å². The summed E-state index contributed by atoms with van der Waals surface area (Å²) in [6.45, 7) is 11.1. The maximum absolute atomic E-state index is 13.6. The highest BCUT2D eigenvalue weighted by Crippen LogP contribution is 2.55. The zero-order valence-corrected chi connectivity index (χ0v) is 23.8. The maximum atomic E-state index is 13.6. The Morgan fingerprint density at radius 3 is 2.21 bits per heavy atom. The van der Waals surface area contributed by atoms with Gasteiger partial charge in [0.1, 0.15) is 12.4 Å². The lowest BCUT2D eigenvalue weighted by Crippen LogP contribution is -2.62. The van der Waals surface area contributed by atoms with Gasteiger partial charge in [0.05, 0.1) is 11.4 Å². The van der Waals surface area contributed by atoms with Crippen molar-refractivity contribution in [3.63, 3.8) is 0 Å². The molecule has 0 spiro atoms. The molecule has 206 valence electrons. The van der Waals surface area contributed by atoms with Gasteiger partial charge in [-0.15, -0.1) is 0 Å². The molecule has 2 N–H and O–H groups in total. The first-order valence-electron chi connectivity index (χ1n) is 14.6. The molecule has 4 aliphatic rings. The molecule has 0 saturated heterocycles. The monoisotopic (exact) mass is 519 g/mol. The smallest absolute Gasteiger partial charge is 0.318 e. The number of carbonyl (C=O) groups is 2. The number of nitrogens with zero attached hydrogens (tertiary/aromatic N) is 3. The van der Waals surface area contributed by atoms with Gasteiger partial charge in [0.25, 0.3) is 0 Å². The average Bonchev–Trinajstić information content (AvgIpc) is 3.25. The van der Waals surface area contributed by atoms with Gasteiger partial charge in [-0.1, -0.05) is 51.8 Å². The molecule has 7 nitrogen and oxygen atoms in total. The fourth-order valence-electron chi connectivity index (χ4n) is 7.25. The second kappa shape index (κ2) is 10.4. The van der Waals surface area contributed by atoms with Gasteiger partial charge in [-0.2, -0.15) is 5.10 Å². The fourth-order valence-corrected chi connectivity index (χ4v) is 7.25. The number of hydrogen-bond acceptors (Lipinski definition) is 3. The van der Waals surface area contributed by atoms with Crippen molar-refractivity contribution < 1.29 is 9.59 Å². The van der Waals surface area contributed by atoms with E-state index >= 15 is 0 Å². The van der Waals surface area contributed by atoms with Crippen LogP contribution in [0.4, 0.5) is 10.6 Å². The highest BCUT2D eigenvalue weighted by Gasteiger charge is 2.51. The van der Waals surface area contributed by atoms with Crippen molar-refractivity contribution >= 4 is 17.8 Å². The zero-order chi connectivity index (χ0) is 27.1. The summed E-state index contributed by atoms with van der Waals surface area (Å²) < 4.78 is 1.80. The molecule has 4 aliphatic carbocycles. The van der Waals surface area contributed by atoms with Crippen LogP contribution in [0.2, 0.25) is 0 Å². The van der Waals surface area contributed by atoms with Crippen LogP contribution in [0.5, 0.6) is 0 Å². The highest BCUT2D eigenvalue weighted by atomic mass is 16.2. The lowest BCUT2D eigenvalue weighted by Gasteiger charge is -2.57. The van der Waals surface area contributed by atoms with Crippen molar-refractivity contribution in [2.45, 2.75) is 96.9 Å². The summed E-state index contributed by atoms with van der Waals surface area (Å²) >= 11 is 0. The molecule has 1 aromatic carbocycles. The summed E-state index contributed by atoms with van der Waals surface area (Å²) in [5, 5.41) is 11.4. The number of amides is 3. The fraction of sp³-hybridized carbons (Fsp3) is 0.645. The normalized spacial score (nSPS) is 25.9. The molecule has 4 bridgehead atoms. The summed E-state index contributed by atoms with van der Waals surface area (Å²) in [6, 6.07) is 9.97. The summed E-state index contributed by atoms with van der Waals surface area (Å²) in [5.41, 5.74) is 2.72. The maximum Gasteiger partial charge on any atom is 0.318 e. The van der Waals surface area contributed by atoms with Crippen molar-refractivity contribution in [1.29, 1.82) is 0 Å². The molecular formula is C31H45N5O2. The first-order valence-corrected chi connectivity index (χ1v) is 14.6. The third-order valence-electron chi connectivity index (χ3n) is 8.84. The van der Waals surface area contributed by atoms with Crippen LogP contribution in [0.1, 0.15) is 90.3 Å². The molecule has 4 fully saturated rings. The average molecular weight is 520 g/mol. The van der Waals surface area contributed by atoms with E-state index in [0.717, 1.165) is 61.2 Å². The number of hydrogen-bond donors (Lipinski definition) is 2. The van der Waals surface area contributed by atoms with Gasteiger partial charge in [-0.05, 0) is 81.8 Å². The molecule has 0 atom stereocenters. The summed E-state index contributed by atoms with van der Waals surface area (Å²) in [5.74, 6) is 2.70. The Kier molecular flexibility index (Phi) is 7.31. The molecule has 0 unspecified atom stereocenters. The van der Waals surface area contributed by atoms with Crippen molar-refractivity contribution in [1.82, 2.24) is 20.0 Å². The third-order valence-corrected chi connectivity index (χ3v) is 8.84. The molecule has 7 heteroatoms. The first-order chi connectivity index (χ1) is 18.0. The van der Waals surface area contributed by atoms with Gasteiger partial charge in [-0.25, -0.2) is 9.48 Å². The van der Waals surface area contributed by atoms with E-state index in [1.165, 1.54) is 24.8 Å². The first kappa shape index (κ1) is 26.8. The van der Waals surface area contributed by atoms with E-state index in [1.54, 1.807) is 9.58 Å². The number of aromatic nitrogens is 2. The highest BCUT2D eigenvalue weighted by molar-refractivity contribution is 5.94. The predicted molar refractivity (Wildman–Crippen MR) is 152 cm³/mol. The van der Waals surface area contributed by atoms with E-state index in [4.69, 9.17) is 5.10 Å². The summed E-state index contributed by atoms with van der Waals surface area (Å²) in [7, 11) is 0. The Balaban J connectivity index is 1.31. The van der Waals surface area contributed by atoms with Crippen LogP contribution >= 0.6 is 0 Å². The standard InChI is InChI=1S/C31H45N5O2/c1-6-7-12-35(29(38)33-31-17-22-13-23(18-31)15-24(14-22)19-31)20-28(37)32-27-16-26(30(3,4)5)34-36(27)25-10-8-21(2)9-11-25/h8-11,16,22-24H,6-7,12-15,17-20H2,1-5H3,(H,32,37)(H,33,38). The van der Waals surface area contributed by atoms with Crippen molar-refractivity contribution in [3.05, 3.63) is 41.6 Å². The van der Waals surface area contributed by atoms with Crippen LogP contribution in [-0.4, -0.2) is 45.2 Å². The Bertz CT molecular complexity index is 1120. The number of urea groups is 1. The quantitative estimate of drug-likeness (QED) is 0.436. The number of nitrogens with one attached hydrogen (secondary N) is 2. The summed E-state index contributed by atoms with van der Waals surface area (Å²) in [6.07, 6.45) is 9.15. The Hall–Kier alpha value is -2.83. The van der Waals surface area contributed by atoms with Crippen LogP contribution in [0, 0.1) is 24.7 Å². The van der Waals surface area contributed by atoms with Gasteiger partial charge < -0.3 is 15.5 Å². The van der Waals surface area contributed by atoms with Crippen molar-refractivity contribution in [2.24, 2.45) is 17.8 Å². The largest absolute Gasteiger partial charge is 0.333 e.